The van der Waals surface area contributed by atoms with Gasteiger partial charge in [-0.15, -0.1) is 0 Å². The van der Waals surface area contributed by atoms with Crippen LogP contribution in [-0.2, 0) is 0 Å². The van der Waals surface area contributed by atoms with Crippen molar-refractivity contribution in [1.82, 2.24) is 19.6 Å². The number of fused-ring (bicyclic) bond motifs is 3. The summed E-state index contributed by atoms with van der Waals surface area (Å²) in [6.45, 7) is 0. The fourth-order valence-electron chi connectivity index (χ4n) is 3.09. The van der Waals surface area contributed by atoms with E-state index in [1.165, 1.54) is 19.2 Å². The van der Waals surface area contributed by atoms with Gasteiger partial charge in [0.25, 0.3) is 0 Å². The second-order valence-electron chi connectivity index (χ2n) is 5.64. The Kier molecular flexibility index (Phi) is 3.40. The first-order chi connectivity index (χ1) is 11.3. The minimum absolute atomic E-state index is 0.201. The molecule has 23 heavy (non-hydrogen) atoms. The van der Waals surface area contributed by atoms with Crippen molar-refractivity contribution in [2.75, 3.05) is 14.2 Å². The average molecular weight is 314 g/mol. The minimum atomic E-state index is 0.201. The Bertz CT molecular complexity index is 855. The van der Waals surface area contributed by atoms with Crippen LogP contribution in [0, 0.1) is 0 Å². The molecule has 1 fully saturated rings. The Morgan fingerprint density at radius 3 is 2.57 bits per heavy atom. The third-order valence-corrected chi connectivity index (χ3v) is 4.26. The van der Waals surface area contributed by atoms with Crippen LogP contribution in [0.3, 0.4) is 0 Å². The van der Waals surface area contributed by atoms with Crippen molar-refractivity contribution in [2.24, 2.45) is 0 Å². The van der Waals surface area contributed by atoms with Gasteiger partial charge in [0.15, 0.2) is 17.1 Å². The zero-order valence-electron chi connectivity index (χ0n) is 13.2. The highest BCUT2D eigenvalue weighted by molar-refractivity contribution is 5.93. The molecule has 0 N–H and O–H groups in total. The van der Waals surface area contributed by atoms with E-state index in [9.17, 15) is 0 Å². The standard InChI is InChI=1S/C16H18N4O3/c1-21-13-7-11-12(8-14(13)22-2)19-16(20-15(11)17-9-18-20)23-10-5-3-4-6-10/h7-10H,3-6H2,1-2H3. The molecular formula is C16H18N4O3. The largest absolute Gasteiger partial charge is 0.493 e. The molecule has 3 aromatic rings. The predicted octanol–water partition coefficient (Wildman–Crippen LogP) is 2.62. The lowest BCUT2D eigenvalue weighted by Gasteiger charge is -2.14. The molecule has 2 heterocycles. The van der Waals surface area contributed by atoms with E-state index in [1.54, 1.807) is 18.7 Å². The number of hydrogen-bond donors (Lipinski definition) is 0. The molecule has 0 unspecified atom stereocenters. The van der Waals surface area contributed by atoms with Crippen molar-refractivity contribution in [2.45, 2.75) is 31.8 Å². The Morgan fingerprint density at radius 1 is 1.09 bits per heavy atom. The Balaban J connectivity index is 1.90. The minimum Gasteiger partial charge on any atom is -0.493 e. The first kappa shape index (κ1) is 14.0. The Morgan fingerprint density at radius 2 is 1.83 bits per heavy atom. The van der Waals surface area contributed by atoms with Crippen LogP contribution in [0.1, 0.15) is 25.7 Å². The van der Waals surface area contributed by atoms with Gasteiger partial charge in [-0.25, -0.2) is 4.98 Å². The second kappa shape index (κ2) is 5.57. The molecule has 0 aliphatic heterocycles. The number of hydrogen-bond acceptors (Lipinski definition) is 6. The van der Waals surface area contributed by atoms with Crippen LogP contribution in [0.15, 0.2) is 18.5 Å². The van der Waals surface area contributed by atoms with Crippen LogP contribution < -0.4 is 14.2 Å². The lowest BCUT2D eigenvalue weighted by molar-refractivity contribution is 0.188. The summed E-state index contributed by atoms with van der Waals surface area (Å²) in [6.07, 6.45) is 6.22. The first-order valence-electron chi connectivity index (χ1n) is 7.72. The fraction of sp³-hybridized carbons (Fsp3) is 0.438. The third kappa shape index (κ3) is 2.32. The van der Waals surface area contributed by atoms with Crippen molar-refractivity contribution >= 4 is 16.6 Å². The Labute approximate surface area is 133 Å². The highest BCUT2D eigenvalue weighted by Crippen LogP contribution is 2.34. The highest BCUT2D eigenvalue weighted by atomic mass is 16.5. The molecule has 1 aliphatic carbocycles. The van der Waals surface area contributed by atoms with Crippen LogP contribution in [0.2, 0.25) is 0 Å². The summed E-state index contributed by atoms with van der Waals surface area (Å²) in [4.78, 5) is 8.97. The zero-order chi connectivity index (χ0) is 15.8. The van der Waals surface area contributed by atoms with E-state index in [1.807, 2.05) is 12.1 Å². The summed E-state index contributed by atoms with van der Waals surface area (Å²) in [5, 5.41) is 5.10. The number of methoxy groups -OCH3 is 2. The number of ether oxygens (including phenoxy) is 3. The summed E-state index contributed by atoms with van der Waals surface area (Å²) < 4.78 is 18.4. The molecule has 0 saturated heterocycles. The zero-order valence-corrected chi connectivity index (χ0v) is 13.2. The van der Waals surface area contributed by atoms with E-state index in [0.29, 0.717) is 23.2 Å². The average Bonchev–Trinajstić information content (AvgIpc) is 3.25. The molecule has 120 valence electrons. The van der Waals surface area contributed by atoms with Gasteiger partial charge in [0.1, 0.15) is 12.4 Å². The van der Waals surface area contributed by atoms with Crippen LogP contribution >= 0.6 is 0 Å². The van der Waals surface area contributed by atoms with E-state index in [0.717, 1.165) is 23.7 Å². The molecule has 1 saturated carbocycles. The summed E-state index contributed by atoms with van der Waals surface area (Å²) in [5.74, 6) is 1.26. The summed E-state index contributed by atoms with van der Waals surface area (Å²) >= 11 is 0. The van der Waals surface area contributed by atoms with Crippen molar-refractivity contribution in [3.63, 3.8) is 0 Å². The van der Waals surface area contributed by atoms with Gasteiger partial charge < -0.3 is 14.2 Å². The van der Waals surface area contributed by atoms with Gasteiger partial charge in [-0.1, -0.05) is 0 Å². The molecule has 0 bridgehead atoms. The molecule has 2 aromatic heterocycles. The van der Waals surface area contributed by atoms with Gasteiger partial charge in [-0.2, -0.15) is 14.6 Å². The highest BCUT2D eigenvalue weighted by Gasteiger charge is 2.21. The monoisotopic (exact) mass is 314 g/mol. The second-order valence-corrected chi connectivity index (χ2v) is 5.64. The summed E-state index contributed by atoms with van der Waals surface area (Å²) in [5.41, 5.74) is 1.44. The van der Waals surface area contributed by atoms with Gasteiger partial charge in [-0.05, 0) is 31.7 Å². The normalized spacial score (nSPS) is 15.4. The maximum absolute atomic E-state index is 6.06. The quantitative estimate of drug-likeness (QED) is 0.737. The van der Waals surface area contributed by atoms with E-state index >= 15 is 0 Å². The first-order valence-corrected chi connectivity index (χ1v) is 7.72. The molecule has 1 aromatic carbocycles. The Hall–Kier alpha value is -2.57. The molecule has 0 amide bonds. The lowest BCUT2D eigenvalue weighted by Crippen LogP contribution is -2.15. The van der Waals surface area contributed by atoms with Crippen LogP contribution in [0.25, 0.3) is 16.6 Å². The molecule has 7 heteroatoms. The predicted molar refractivity (Wildman–Crippen MR) is 84.3 cm³/mol. The molecule has 1 aliphatic rings. The van der Waals surface area contributed by atoms with Crippen molar-refractivity contribution in [3.8, 4) is 17.5 Å². The fourth-order valence-corrected chi connectivity index (χ4v) is 3.09. The van der Waals surface area contributed by atoms with Gasteiger partial charge in [-0.3, -0.25) is 0 Å². The van der Waals surface area contributed by atoms with Crippen molar-refractivity contribution in [3.05, 3.63) is 18.5 Å². The van der Waals surface area contributed by atoms with Gasteiger partial charge in [0.2, 0.25) is 0 Å². The van der Waals surface area contributed by atoms with Gasteiger partial charge in [0, 0.05) is 11.5 Å². The van der Waals surface area contributed by atoms with Gasteiger partial charge in [0.05, 0.1) is 19.7 Å². The molecule has 0 spiro atoms. The van der Waals surface area contributed by atoms with E-state index in [2.05, 4.69) is 15.1 Å². The van der Waals surface area contributed by atoms with Crippen LogP contribution in [0.4, 0.5) is 0 Å². The maximum Gasteiger partial charge on any atom is 0.320 e. The number of rotatable bonds is 4. The maximum atomic E-state index is 6.06. The topological polar surface area (TPSA) is 70.8 Å². The molecule has 0 radical (unpaired) electrons. The third-order valence-electron chi connectivity index (χ3n) is 4.26. The van der Waals surface area contributed by atoms with Crippen LogP contribution in [0.5, 0.6) is 17.5 Å². The molecule has 7 nitrogen and oxygen atoms in total. The number of nitrogens with zero attached hydrogens (tertiary/aromatic N) is 4. The van der Waals surface area contributed by atoms with E-state index in [-0.39, 0.29) is 6.10 Å². The van der Waals surface area contributed by atoms with Crippen molar-refractivity contribution in [1.29, 1.82) is 0 Å². The smallest absolute Gasteiger partial charge is 0.320 e. The van der Waals surface area contributed by atoms with E-state index < -0.39 is 0 Å². The lowest BCUT2D eigenvalue weighted by atomic mass is 10.2. The summed E-state index contributed by atoms with van der Waals surface area (Å²) in [7, 11) is 3.21. The summed E-state index contributed by atoms with van der Waals surface area (Å²) in [6, 6.07) is 4.18. The number of benzene rings is 1. The van der Waals surface area contributed by atoms with Crippen LogP contribution in [-0.4, -0.2) is 39.9 Å². The SMILES string of the molecule is COc1cc2nc(OC3CCCC3)n3ncnc3c2cc1OC. The molecular weight excluding hydrogens is 296 g/mol. The molecule has 0 atom stereocenters. The number of aromatic nitrogens is 4. The van der Waals surface area contributed by atoms with Crippen molar-refractivity contribution < 1.29 is 14.2 Å². The molecule has 4 rings (SSSR count). The van der Waals surface area contributed by atoms with E-state index in [4.69, 9.17) is 14.2 Å². The van der Waals surface area contributed by atoms with Gasteiger partial charge >= 0.3 is 6.01 Å².